The maximum Gasteiger partial charge on any atom is 0.233 e. The number of aryl methyl sites for hydroxylation is 2. The highest BCUT2D eigenvalue weighted by Gasteiger charge is 2.30. The number of anilines is 1. The van der Waals surface area contributed by atoms with Gasteiger partial charge in [-0.05, 0) is 31.5 Å². The predicted molar refractivity (Wildman–Crippen MR) is 97.1 cm³/mol. The Balaban J connectivity index is 1.73. The smallest absolute Gasteiger partial charge is 0.233 e. The number of methoxy groups -OCH3 is 1. The molecule has 0 fully saturated rings. The van der Waals surface area contributed by atoms with Crippen LogP contribution in [0, 0.1) is 13.8 Å². The van der Waals surface area contributed by atoms with Crippen LogP contribution in [0.3, 0.4) is 0 Å². The minimum atomic E-state index is 0.0150. The summed E-state index contributed by atoms with van der Waals surface area (Å²) in [6.07, 6.45) is 2.10. The van der Waals surface area contributed by atoms with E-state index in [1.165, 1.54) is 0 Å². The minimum Gasteiger partial charge on any atom is -0.496 e. The number of carbonyl (C=O) groups excluding carboxylic acids is 1. The van der Waals surface area contributed by atoms with E-state index in [1.54, 1.807) is 18.2 Å². The first-order valence-electron chi connectivity index (χ1n) is 8.41. The second-order valence-corrected chi connectivity index (χ2v) is 6.48. The van der Waals surface area contributed by atoms with Gasteiger partial charge in [0, 0.05) is 23.4 Å². The molecule has 0 saturated heterocycles. The zero-order chi connectivity index (χ0) is 18.3. The summed E-state index contributed by atoms with van der Waals surface area (Å²) in [5.41, 5.74) is 5.31. The molecule has 0 atom stereocenters. The molecule has 6 heteroatoms. The maximum absolute atomic E-state index is 12.5. The van der Waals surface area contributed by atoms with Crippen molar-refractivity contribution in [3.8, 4) is 16.9 Å². The van der Waals surface area contributed by atoms with Crippen LogP contribution in [0.25, 0.3) is 11.1 Å². The van der Waals surface area contributed by atoms with Crippen molar-refractivity contribution >= 4 is 11.6 Å². The van der Waals surface area contributed by atoms with Gasteiger partial charge in [-0.3, -0.25) is 9.78 Å². The summed E-state index contributed by atoms with van der Waals surface area (Å²) in [7, 11) is 1.65. The monoisotopic (exact) mass is 349 g/mol. The van der Waals surface area contributed by atoms with Gasteiger partial charge in [0.05, 0.1) is 31.5 Å². The van der Waals surface area contributed by atoms with Gasteiger partial charge in [0.15, 0.2) is 0 Å². The molecule has 26 heavy (non-hydrogen) atoms. The first-order valence-corrected chi connectivity index (χ1v) is 8.41. The first-order chi connectivity index (χ1) is 12.5. The number of aromatic nitrogens is 2. The molecule has 132 valence electrons. The van der Waals surface area contributed by atoms with Gasteiger partial charge < -0.3 is 14.2 Å². The quantitative estimate of drug-likeness (QED) is 0.722. The molecule has 0 unspecified atom stereocenters. The van der Waals surface area contributed by atoms with Crippen LogP contribution in [0.1, 0.15) is 22.7 Å². The van der Waals surface area contributed by atoms with Gasteiger partial charge >= 0.3 is 0 Å². The van der Waals surface area contributed by atoms with Crippen LogP contribution in [-0.4, -0.2) is 23.2 Å². The molecule has 1 aromatic carbocycles. The van der Waals surface area contributed by atoms with Crippen LogP contribution in [0.5, 0.6) is 5.75 Å². The largest absolute Gasteiger partial charge is 0.496 e. The van der Waals surface area contributed by atoms with Crippen LogP contribution < -0.4 is 9.64 Å². The molecule has 3 heterocycles. The Morgan fingerprint density at radius 1 is 1.23 bits per heavy atom. The number of benzene rings is 1. The third kappa shape index (κ3) is 2.83. The molecule has 0 bridgehead atoms. The highest BCUT2D eigenvalue weighted by Crippen LogP contribution is 2.36. The summed E-state index contributed by atoms with van der Waals surface area (Å²) < 4.78 is 10.6. The molecule has 0 radical (unpaired) electrons. The predicted octanol–water partition coefficient (Wildman–Crippen LogP) is 3.45. The van der Waals surface area contributed by atoms with Crippen molar-refractivity contribution in [2.75, 3.05) is 12.0 Å². The van der Waals surface area contributed by atoms with Crippen LogP contribution in [0.2, 0.25) is 0 Å². The molecule has 1 amide bonds. The standard InChI is InChI=1S/C20H19N3O3/c1-12-4-5-16(19(6-12)25-3)14-8-18-17(21-10-14)9-20(24)23(18)11-15-7-13(2)26-22-15/h4-8,10H,9,11H2,1-3H3. The van der Waals surface area contributed by atoms with Crippen molar-refractivity contribution in [1.82, 2.24) is 10.1 Å². The highest BCUT2D eigenvalue weighted by atomic mass is 16.5. The Kier molecular flexibility index (Phi) is 3.95. The summed E-state index contributed by atoms with van der Waals surface area (Å²) in [4.78, 5) is 18.7. The third-order valence-corrected chi connectivity index (χ3v) is 4.52. The van der Waals surface area contributed by atoms with E-state index >= 15 is 0 Å². The van der Waals surface area contributed by atoms with Crippen LogP contribution in [0.4, 0.5) is 5.69 Å². The lowest BCUT2D eigenvalue weighted by atomic mass is 10.0. The number of nitrogens with zero attached hydrogens (tertiary/aromatic N) is 3. The zero-order valence-corrected chi connectivity index (χ0v) is 14.9. The molecular weight excluding hydrogens is 330 g/mol. The Morgan fingerprint density at radius 2 is 2.08 bits per heavy atom. The summed E-state index contributed by atoms with van der Waals surface area (Å²) in [6, 6.07) is 9.87. The van der Waals surface area contributed by atoms with E-state index in [0.717, 1.165) is 45.3 Å². The summed E-state index contributed by atoms with van der Waals surface area (Å²) in [5, 5.41) is 4.00. The maximum atomic E-state index is 12.5. The molecule has 1 aliphatic heterocycles. The number of rotatable bonds is 4. The number of hydrogen-bond acceptors (Lipinski definition) is 5. The average molecular weight is 349 g/mol. The van der Waals surface area contributed by atoms with Crippen molar-refractivity contribution in [3.63, 3.8) is 0 Å². The van der Waals surface area contributed by atoms with Crippen LogP contribution >= 0.6 is 0 Å². The number of carbonyl (C=O) groups is 1. The normalized spacial score (nSPS) is 13.2. The molecular formula is C20H19N3O3. The van der Waals surface area contributed by atoms with Gasteiger partial charge in [-0.25, -0.2) is 0 Å². The number of hydrogen-bond donors (Lipinski definition) is 0. The number of amides is 1. The van der Waals surface area contributed by atoms with Crippen molar-refractivity contribution in [2.24, 2.45) is 0 Å². The lowest BCUT2D eigenvalue weighted by Crippen LogP contribution is -2.26. The van der Waals surface area contributed by atoms with E-state index in [9.17, 15) is 4.79 Å². The fourth-order valence-corrected chi connectivity index (χ4v) is 3.24. The van der Waals surface area contributed by atoms with Crippen molar-refractivity contribution in [2.45, 2.75) is 26.8 Å². The molecule has 0 aliphatic carbocycles. The Bertz CT molecular complexity index is 994. The van der Waals surface area contributed by atoms with E-state index in [0.29, 0.717) is 13.0 Å². The van der Waals surface area contributed by atoms with Gasteiger partial charge in [0.25, 0.3) is 0 Å². The van der Waals surface area contributed by atoms with E-state index in [-0.39, 0.29) is 5.91 Å². The first kappa shape index (κ1) is 16.3. The molecule has 0 N–H and O–H groups in total. The second-order valence-electron chi connectivity index (χ2n) is 6.48. The minimum absolute atomic E-state index is 0.0150. The van der Waals surface area contributed by atoms with E-state index in [2.05, 4.69) is 10.1 Å². The molecule has 6 nitrogen and oxygen atoms in total. The SMILES string of the molecule is COc1cc(C)ccc1-c1cnc2c(c1)N(Cc1cc(C)on1)C(=O)C2. The molecule has 4 rings (SSSR count). The van der Waals surface area contributed by atoms with Crippen LogP contribution in [-0.2, 0) is 17.8 Å². The number of fused-ring (bicyclic) bond motifs is 1. The van der Waals surface area contributed by atoms with Crippen LogP contribution in [0.15, 0.2) is 41.1 Å². The molecule has 2 aromatic heterocycles. The van der Waals surface area contributed by atoms with Gasteiger partial charge in [0.1, 0.15) is 17.2 Å². The number of ether oxygens (including phenoxy) is 1. The fourth-order valence-electron chi connectivity index (χ4n) is 3.24. The summed E-state index contributed by atoms with van der Waals surface area (Å²) in [5.74, 6) is 1.53. The van der Waals surface area contributed by atoms with Gasteiger partial charge in [-0.15, -0.1) is 0 Å². The Morgan fingerprint density at radius 3 is 2.81 bits per heavy atom. The third-order valence-electron chi connectivity index (χ3n) is 4.52. The topological polar surface area (TPSA) is 68.5 Å². The molecule has 1 aliphatic rings. The van der Waals surface area contributed by atoms with Gasteiger partial charge in [0.2, 0.25) is 5.91 Å². The van der Waals surface area contributed by atoms with E-state index < -0.39 is 0 Å². The lowest BCUT2D eigenvalue weighted by Gasteiger charge is -2.17. The van der Waals surface area contributed by atoms with Crippen molar-refractivity contribution in [1.29, 1.82) is 0 Å². The van der Waals surface area contributed by atoms with E-state index in [4.69, 9.17) is 9.26 Å². The van der Waals surface area contributed by atoms with Crippen molar-refractivity contribution in [3.05, 3.63) is 59.2 Å². The zero-order valence-electron chi connectivity index (χ0n) is 14.9. The molecule has 3 aromatic rings. The summed E-state index contributed by atoms with van der Waals surface area (Å²) >= 11 is 0. The number of pyridine rings is 1. The molecule has 0 saturated carbocycles. The summed E-state index contributed by atoms with van der Waals surface area (Å²) in [6.45, 7) is 4.23. The van der Waals surface area contributed by atoms with Crippen molar-refractivity contribution < 1.29 is 14.1 Å². The Hall–Kier alpha value is -3.15. The molecule has 0 spiro atoms. The average Bonchev–Trinajstić information content (AvgIpc) is 3.18. The lowest BCUT2D eigenvalue weighted by molar-refractivity contribution is -0.117. The second kappa shape index (κ2) is 6.29. The van der Waals surface area contributed by atoms with Gasteiger partial charge in [-0.1, -0.05) is 17.3 Å². The van der Waals surface area contributed by atoms with E-state index in [1.807, 2.05) is 44.2 Å². The fraction of sp³-hybridized carbons (Fsp3) is 0.250. The van der Waals surface area contributed by atoms with Gasteiger partial charge in [-0.2, -0.15) is 0 Å². The Labute approximate surface area is 151 Å². The highest BCUT2D eigenvalue weighted by molar-refractivity contribution is 6.01.